The highest BCUT2D eigenvalue weighted by Gasteiger charge is 2.18. The lowest BCUT2D eigenvalue weighted by atomic mass is 10.1. The van der Waals surface area contributed by atoms with Gasteiger partial charge in [-0.05, 0) is 41.4 Å². The van der Waals surface area contributed by atoms with Crippen LogP contribution in [0.4, 0.5) is 0 Å². The van der Waals surface area contributed by atoms with Crippen LogP contribution >= 0.6 is 0 Å². The Balaban J connectivity index is 1.79. The molecule has 1 heterocycles. The Hall–Kier alpha value is -1.91. The highest BCUT2D eigenvalue weighted by molar-refractivity contribution is 5.97. The molecule has 2 aromatic rings. The minimum Gasteiger partial charge on any atom is -0.349 e. The van der Waals surface area contributed by atoms with Gasteiger partial charge >= 0.3 is 0 Å². The molecule has 5 nitrogen and oxygen atoms in total. The molecule has 0 saturated heterocycles. The molecule has 1 aromatic carbocycles. The third-order valence-corrected chi connectivity index (χ3v) is 3.21. The molecule has 0 spiro atoms. The quantitative estimate of drug-likeness (QED) is 0.857. The Morgan fingerprint density at radius 1 is 1.24 bits per heavy atom. The predicted octanol–water partition coefficient (Wildman–Crippen LogP) is 1.90. The molecule has 0 aliphatic heterocycles. The van der Waals surface area contributed by atoms with E-state index in [9.17, 15) is 4.79 Å². The first-order valence-corrected chi connectivity index (χ1v) is 5.86. The lowest BCUT2D eigenvalue weighted by Gasteiger charge is -2.11. The third kappa shape index (κ3) is 2.00. The Kier molecular flexibility index (Phi) is 2.51. The molecule has 5 heteroatoms. The molecule has 1 N–H and O–H groups in total. The number of nitrogens with one attached hydrogen (secondary N) is 1. The highest BCUT2D eigenvalue weighted by Crippen LogP contribution is 2.18. The molecular formula is C12H13N3O2. The second kappa shape index (κ2) is 4.16. The van der Waals surface area contributed by atoms with Crippen molar-refractivity contribution in [3.8, 4) is 0 Å². The van der Waals surface area contributed by atoms with E-state index in [0.717, 1.165) is 12.8 Å². The van der Waals surface area contributed by atoms with Crippen molar-refractivity contribution in [3.05, 3.63) is 23.8 Å². The Morgan fingerprint density at radius 3 is 2.82 bits per heavy atom. The number of carbonyl (C=O) groups excluding carboxylic acids is 1. The summed E-state index contributed by atoms with van der Waals surface area (Å²) in [5, 5.41) is 10.5. The van der Waals surface area contributed by atoms with Crippen LogP contribution in [0.25, 0.3) is 11.0 Å². The molecule has 3 rings (SSSR count). The van der Waals surface area contributed by atoms with Crippen LogP contribution in [-0.4, -0.2) is 22.3 Å². The molecule has 1 aliphatic rings. The lowest BCUT2D eigenvalue weighted by Crippen LogP contribution is -2.32. The second-order valence-corrected chi connectivity index (χ2v) is 4.42. The molecule has 0 bridgehead atoms. The van der Waals surface area contributed by atoms with Crippen LogP contribution in [0.3, 0.4) is 0 Å². The molecule has 1 fully saturated rings. The number of nitrogens with zero attached hydrogens (tertiary/aromatic N) is 2. The average Bonchev–Trinajstić information content (AvgIpc) is 2.97. The number of aromatic nitrogens is 2. The zero-order valence-electron chi connectivity index (χ0n) is 9.35. The van der Waals surface area contributed by atoms with E-state index in [1.54, 1.807) is 18.2 Å². The maximum Gasteiger partial charge on any atom is 0.251 e. The van der Waals surface area contributed by atoms with Gasteiger partial charge in [0.15, 0.2) is 0 Å². The number of hydrogen-bond donors (Lipinski definition) is 1. The topological polar surface area (TPSA) is 68.0 Å². The van der Waals surface area contributed by atoms with Gasteiger partial charge in [-0.15, -0.1) is 0 Å². The number of amides is 1. The van der Waals surface area contributed by atoms with E-state index in [1.165, 1.54) is 12.8 Å². The molecule has 1 aliphatic carbocycles. The Morgan fingerprint density at radius 2 is 2.00 bits per heavy atom. The molecule has 1 aromatic heterocycles. The van der Waals surface area contributed by atoms with Gasteiger partial charge in [0.05, 0.1) is 0 Å². The summed E-state index contributed by atoms with van der Waals surface area (Å²) in [6, 6.07) is 5.52. The summed E-state index contributed by atoms with van der Waals surface area (Å²) in [5.74, 6) is -0.0400. The minimum atomic E-state index is -0.0400. The Labute approximate surface area is 98.1 Å². The van der Waals surface area contributed by atoms with E-state index < -0.39 is 0 Å². The summed E-state index contributed by atoms with van der Waals surface area (Å²) in [6.07, 6.45) is 4.58. The molecule has 0 unspecified atom stereocenters. The summed E-state index contributed by atoms with van der Waals surface area (Å²) in [4.78, 5) is 12.0. The van der Waals surface area contributed by atoms with Crippen molar-refractivity contribution in [2.75, 3.05) is 0 Å². The zero-order chi connectivity index (χ0) is 11.7. The van der Waals surface area contributed by atoms with Gasteiger partial charge in [0.25, 0.3) is 5.91 Å². The van der Waals surface area contributed by atoms with Crippen LogP contribution in [0.1, 0.15) is 36.0 Å². The summed E-state index contributed by atoms with van der Waals surface area (Å²) in [7, 11) is 0. The fourth-order valence-corrected chi connectivity index (χ4v) is 2.26. The van der Waals surface area contributed by atoms with Crippen LogP contribution in [0.5, 0.6) is 0 Å². The maximum absolute atomic E-state index is 12.0. The number of carbonyl (C=O) groups is 1. The van der Waals surface area contributed by atoms with Crippen LogP contribution in [0.15, 0.2) is 22.8 Å². The smallest absolute Gasteiger partial charge is 0.251 e. The third-order valence-electron chi connectivity index (χ3n) is 3.21. The number of rotatable bonds is 2. The standard InChI is InChI=1S/C12H13N3O2/c16-12(13-9-3-1-2-4-9)8-5-6-10-11(7-8)15-17-14-10/h5-7,9H,1-4H2,(H,13,16). The molecule has 0 radical (unpaired) electrons. The highest BCUT2D eigenvalue weighted by atomic mass is 16.6. The van der Waals surface area contributed by atoms with Crippen LogP contribution in [0.2, 0.25) is 0 Å². The van der Waals surface area contributed by atoms with E-state index in [-0.39, 0.29) is 5.91 Å². The number of fused-ring (bicyclic) bond motifs is 1. The molecule has 1 amide bonds. The van der Waals surface area contributed by atoms with E-state index in [4.69, 9.17) is 0 Å². The summed E-state index contributed by atoms with van der Waals surface area (Å²) < 4.78 is 4.60. The van der Waals surface area contributed by atoms with Gasteiger partial charge < -0.3 is 5.32 Å². The summed E-state index contributed by atoms with van der Waals surface area (Å²) in [6.45, 7) is 0. The second-order valence-electron chi connectivity index (χ2n) is 4.42. The fraction of sp³-hybridized carbons (Fsp3) is 0.417. The molecular weight excluding hydrogens is 218 g/mol. The van der Waals surface area contributed by atoms with E-state index in [1.807, 2.05) is 0 Å². The van der Waals surface area contributed by atoms with Crippen molar-refractivity contribution in [3.63, 3.8) is 0 Å². The first-order valence-electron chi connectivity index (χ1n) is 5.86. The van der Waals surface area contributed by atoms with Crippen molar-refractivity contribution in [2.24, 2.45) is 0 Å². The first-order chi connectivity index (χ1) is 8.33. The van der Waals surface area contributed by atoms with Crippen LogP contribution in [0, 0.1) is 0 Å². The molecule has 1 saturated carbocycles. The van der Waals surface area contributed by atoms with Crippen molar-refractivity contribution in [2.45, 2.75) is 31.7 Å². The molecule has 17 heavy (non-hydrogen) atoms. The van der Waals surface area contributed by atoms with Gasteiger partial charge in [-0.1, -0.05) is 12.8 Å². The SMILES string of the molecule is O=C(NC1CCCC1)c1ccc2nonc2c1. The first kappa shape index (κ1) is 10.3. The fourth-order valence-electron chi connectivity index (χ4n) is 2.26. The number of hydrogen-bond acceptors (Lipinski definition) is 4. The van der Waals surface area contributed by atoms with Crippen molar-refractivity contribution >= 4 is 16.9 Å². The maximum atomic E-state index is 12.0. The van der Waals surface area contributed by atoms with Crippen LogP contribution in [-0.2, 0) is 0 Å². The zero-order valence-corrected chi connectivity index (χ0v) is 9.35. The lowest BCUT2D eigenvalue weighted by molar-refractivity contribution is 0.0938. The summed E-state index contributed by atoms with van der Waals surface area (Å²) >= 11 is 0. The molecule has 88 valence electrons. The summed E-state index contributed by atoms with van der Waals surface area (Å²) in [5.41, 5.74) is 1.89. The van der Waals surface area contributed by atoms with E-state index in [0.29, 0.717) is 22.6 Å². The van der Waals surface area contributed by atoms with Crippen molar-refractivity contribution < 1.29 is 9.42 Å². The number of benzene rings is 1. The normalized spacial score (nSPS) is 16.5. The minimum absolute atomic E-state index is 0.0400. The average molecular weight is 231 g/mol. The Bertz CT molecular complexity index is 543. The predicted molar refractivity (Wildman–Crippen MR) is 61.5 cm³/mol. The van der Waals surface area contributed by atoms with Crippen LogP contribution < -0.4 is 5.32 Å². The van der Waals surface area contributed by atoms with E-state index >= 15 is 0 Å². The van der Waals surface area contributed by atoms with Crippen molar-refractivity contribution in [1.82, 2.24) is 15.6 Å². The molecule has 0 atom stereocenters. The monoisotopic (exact) mass is 231 g/mol. The van der Waals surface area contributed by atoms with Crippen molar-refractivity contribution in [1.29, 1.82) is 0 Å². The van der Waals surface area contributed by atoms with E-state index in [2.05, 4.69) is 20.3 Å². The largest absolute Gasteiger partial charge is 0.349 e. The van der Waals surface area contributed by atoms with Gasteiger partial charge in [-0.2, -0.15) is 0 Å². The van der Waals surface area contributed by atoms with Gasteiger partial charge in [0.1, 0.15) is 11.0 Å². The van der Waals surface area contributed by atoms with Gasteiger partial charge in [-0.25, -0.2) is 4.63 Å². The van der Waals surface area contributed by atoms with Gasteiger partial charge in [-0.3, -0.25) is 4.79 Å². The van der Waals surface area contributed by atoms with Gasteiger partial charge in [0.2, 0.25) is 0 Å². The van der Waals surface area contributed by atoms with Gasteiger partial charge in [0, 0.05) is 11.6 Å².